The Hall–Kier alpha value is -1.18. The average Bonchev–Trinajstić information content (AvgIpc) is 3.22. The molecular weight excluding hydrogens is 224 g/mol. The fourth-order valence-corrected chi connectivity index (χ4v) is 2.67. The fourth-order valence-electron chi connectivity index (χ4n) is 2.67. The van der Waals surface area contributed by atoms with Crippen LogP contribution in [0.2, 0.25) is 0 Å². The maximum atomic E-state index is 5.33. The number of hydrogen-bond acceptors (Lipinski definition) is 2. The van der Waals surface area contributed by atoms with Gasteiger partial charge in [0.2, 0.25) is 0 Å². The Balaban J connectivity index is 2.09. The molecule has 1 aromatic rings. The lowest BCUT2D eigenvalue weighted by atomic mass is 9.88. The van der Waals surface area contributed by atoms with E-state index in [9.17, 15) is 0 Å². The number of ether oxygens (including phenoxy) is 2. The van der Waals surface area contributed by atoms with Crippen LogP contribution in [0.25, 0.3) is 0 Å². The summed E-state index contributed by atoms with van der Waals surface area (Å²) in [5.74, 6) is 4.13. The first-order valence-corrected chi connectivity index (χ1v) is 6.87. The van der Waals surface area contributed by atoms with Crippen LogP contribution in [0, 0.1) is 11.8 Å². The lowest BCUT2D eigenvalue weighted by Gasteiger charge is -2.18. The molecule has 0 saturated heterocycles. The van der Waals surface area contributed by atoms with E-state index < -0.39 is 0 Å². The topological polar surface area (TPSA) is 18.5 Å². The lowest BCUT2D eigenvalue weighted by Crippen LogP contribution is -2.04. The van der Waals surface area contributed by atoms with Crippen LogP contribution in [-0.2, 0) is 0 Å². The Morgan fingerprint density at radius 2 is 1.61 bits per heavy atom. The van der Waals surface area contributed by atoms with Gasteiger partial charge in [0, 0.05) is 6.07 Å². The van der Waals surface area contributed by atoms with Gasteiger partial charge in [-0.3, -0.25) is 0 Å². The maximum Gasteiger partial charge on any atom is 0.122 e. The van der Waals surface area contributed by atoms with Gasteiger partial charge in [-0.25, -0.2) is 0 Å². The number of hydrogen-bond donors (Lipinski definition) is 0. The van der Waals surface area contributed by atoms with Crippen LogP contribution in [0.5, 0.6) is 11.5 Å². The van der Waals surface area contributed by atoms with Gasteiger partial charge >= 0.3 is 0 Å². The highest BCUT2D eigenvalue weighted by molar-refractivity contribution is 5.39. The van der Waals surface area contributed by atoms with Crippen LogP contribution in [0.15, 0.2) is 18.2 Å². The van der Waals surface area contributed by atoms with E-state index in [-0.39, 0.29) is 0 Å². The predicted octanol–water partition coefficient (Wildman–Crippen LogP) is 4.24. The van der Waals surface area contributed by atoms with Gasteiger partial charge in [-0.05, 0) is 54.7 Å². The SMILES string of the molecule is COc1cc(OC)cc(C(C)CC(C)C2CC2)c1. The lowest BCUT2D eigenvalue weighted by molar-refractivity contribution is 0.390. The summed E-state index contributed by atoms with van der Waals surface area (Å²) in [5, 5.41) is 0. The highest BCUT2D eigenvalue weighted by Crippen LogP contribution is 2.41. The molecule has 2 heteroatoms. The summed E-state index contributed by atoms with van der Waals surface area (Å²) >= 11 is 0. The fraction of sp³-hybridized carbons (Fsp3) is 0.625. The van der Waals surface area contributed by atoms with Gasteiger partial charge in [0.15, 0.2) is 0 Å². The molecule has 0 radical (unpaired) electrons. The van der Waals surface area contributed by atoms with E-state index in [1.54, 1.807) is 14.2 Å². The minimum absolute atomic E-state index is 0.560. The molecule has 18 heavy (non-hydrogen) atoms. The van der Waals surface area contributed by atoms with E-state index in [2.05, 4.69) is 26.0 Å². The highest BCUT2D eigenvalue weighted by atomic mass is 16.5. The van der Waals surface area contributed by atoms with Crippen LogP contribution < -0.4 is 9.47 Å². The zero-order valence-corrected chi connectivity index (χ0v) is 11.9. The Morgan fingerprint density at radius 1 is 1.06 bits per heavy atom. The molecule has 2 rings (SSSR count). The van der Waals surface area contributed by atoms with E-state index >= 15 is 0 Å². The first-order valence-electron chi connectivity index (χ1n) is 6.87. The number of benzene rings is 1. The summed E-state index contributed by atoms with van der Waals surface area (Å²) in [6.07, 6.45) is 4.10. The molecule has 0 bridgehead atoms. The Kier molecular flexibility index (Phi) is 4.15. The van der Waals surface area contributed by atoms with Crippen LogP contribution in [0.3, 0.4) is 0 Å². The summed E-state index contributed by atoms with van der Waals surface area (Å²) < 4.78 is 10.7. The van der Waals surface area contributed by atoms with E-state index in [0.717, 1.165) is 23.3 Å². The first kappa shape index (κ1) is 13.3. The number of methoxy groups -OCH3 is 2. The molecule has 1 fully saturated rings. The standard InChI is InChI=1S/C16H24O2/c1-11(13-5-6-13)7-12(2)14-8-15(17-3)10-16(9-14)18-4/h8-13H,5-7H2,1-4H3. The monoisotopic (exact) mass is 248 g/mol. The molecule has 1 aromatic carbocycles. The van der Waals surface area contributed by atoms with Crippen molar-refractivity contribution in [3.63, 3.8) is 0 Å². The van der Waals surface area contributed by atoms with Crippen LogP contribution in [0.4, 0.5) is 0 Å². The van der Waals surface area contributed by atoms with E-state index in [1.165, 1.54) is 24.8 Å². The minimum Gasteiger partial charge on any atom is -0.497 e. The van der Waals surface area contributed by atoms with Gasteiger partial charge in [0.05, 0.1) is 14.2 Å². The van der Waals surface area contributed by atoms with Crippen molar-refractivity contribution < 1.29 is 9.47 Å². The van der Waals surface area contributed by atoms with E-state index in [4.69, 9.17) is 9.47 Å². The van der Waals surface area contributed by atoms with Gasteiger partial charge in [-0.15, -0.1) is 0 Å². The Labute approximate surface area is 110 Å². The largest absolute Gasteiger partial charge is 0.497 e. The van der Waals surface area contributed by atoms with Crippen LogP contribution in [-0.4, -0.2) is 14.2 Å². The quantitative estimate of drug-likeness (QED) is 0.749. The molecule has 0 N–H and O–H groups in total. The van der Waals surface area contributed by atoms with Crippen molar-refractivity contribution in [3.05, 3.63) is 23.8 Å². The van der Waals surface area contributed by atoms with Crippen molar-refractivity contribution in [1.82, 2.24) is 0 Å². The second-order valence-corrected chi connectivity index (χ2v) is 5.60. The molecule has 1 saturated carbocycles. The van der Waals surface area contributed by atoms with Gasteiger partial charge in [-0.1, -0.05) is 13.8 Å². The summed E-state index contributed by atoms with van der Waals surface area (Å²) in [5.41, 5.74) is 1.32. The molecule has 100 valence electrons. The average molecular weight is 248 g/mol. The van der Waals surface area contributed by atoms with Crippen molar-refractivity contribution in [3.8, 4) is 11.5 Å². The van der Waals surface area contributed by atoms with Crippen molar-refractivity contribution in [2.75, 3.05) is 14.2 Å². The van der Waals surface area contributed by atoms with Gasteiger partial charge in [0.25, 0.3) is 0 Å². The smallest absolute Gasteiger partial charge is 0.122 e. The van der Waals surface area contributed by atoms with Crippen molar-refractivity contribution >= 4 is 0 Å². The second kappa shape index (κ2) is 5.64. The molecule has 2 unspecified atom stereocenters. The van der Waals surface area contributed by atoms with Crippen LogP contribution >= 0.6 is 0 Å². The zero-order chi connectivity index (χ0) is 13.1. The third-order valence-corrected chi connectivity index (χ3v) is 4.09. The third-order valence-electron chi connectivity index (χ3n) is 4.09. The minimum atomic E-state index is 0.560. The van der Waals surface area contributed by atoms with Crippen molar-refractivity contribution in [1.29, 1.82) is 0 Å². The van der Waals surface area contributed by atoms with Gasteiger partial charge < -0.3 is 9.47 Å². The molecule has 0 aromatic heterocycles. The summed E-state index contributed by atoms with van der Waals surface area (Å²) in [6, 6.07) is 6.19. The van der Waals surface area contributed by atoms with Crippen molar-refractivity contribution in [2.45, 2.75) is 39.0 Å². The predicted molar refractivity (Wildman–Crippen MR) is 74.5 cm³/mol. The molecule has 2 nitrogen and oxygen atoms in total. The molecule has 1 aliphatic rings. The Morgan fingerprint density at radius 3 is 2.06 bits per heavy atom. The zero-order valence-electron chi connectivity index (χ0n) is 11.9. The van der Waals surface area contributed by atoms with Gasteiger partial charge in [-0.2, -0.15) is 0 Å². The summed E-state index contributed by atoms with van der Waals surface area (Å²) in [6.45, 7) is 4.68. The van der Waals surface area contributed by atoms with Gasteiger partial charge in [0.1, 0.15) is 11.5 Å². The second-order valence-electron chi connectivity index (χ2n) is 5.60. The van der Waals surface area contributed by atoms with E-state index in [0.29, 0.717) is 5.92 Å². The molecular formula is C16H24O2. The van der Waals surface area contributed by atoms with E-state index in [1.807, 2.05) is 6.07 Å². The summed E-state index contributed by atoms with van der Waals surface area (Å²) in [4.78, 5) is 0. The third kappa shape index (κ3) is 3.18. The molecule has 0 spiro atoms. The highest BCUT2D eigenvalue weighted by Gasteiger charge is 2.29. The first-order chi connectivity index (χ1) is 8.63. The molecule has 2 atom stereocenters. The normalized spacial score (nSPS) is 18.2. The molecule has 1 aliphatic carbocycles. The molecule has 0 aliphatic heterocycles. The Bertz CT molecular complexity index is 374. The van der Waals surface area contributed by atoms with Crippen molar-refractivity contribution in [2.24, 2.45) is 11.8 Å². The number of rotatable bonds is 6. The molecule has 0 heterocycles. The summed E-state index contributed by atoms with van der Waals surface area (Å²) in [7, 11) is 3.41. The maximum absolute atomic E-state index is 5.33. The molecule has 0 amide bonds. The van der Waals surface area contributed by atoms with Crippen LogP contribution in [0.1, 0.15) is 44.6 Å².